The van der Waals surface area contributed by atoms with Crippen molar-refractivity contribution in [3.05, 3.63) is 0 Å². The van der Waals surface area contributed by atoms with Gasteiger partial charge < -0.3 is 10.2 Å². The predicted molar refractivity (Wildman–Crippen MR) is 81.0 cm³/mol. The van der Waals surface area contributed by atoms with E-state index in [1.165, 1.54) is 0 Å². The third-order valence-electron chi connectivity index (χ3n) is 2.57. The Bertz CT molecular complexity index is 391. The summed E-state index contributed by atoms with van der Waals surface area (Å²) in [4.78, 5) is 6.24. The quantitative estimate of drug-likeness (QED) is 0.533. The van der Waals surface area contributed by atoms with Crippen LogP contribution in [0.2, 0.25) is 0 Å². The first kappa shape index (κ1) is 18.2. The molecule has 0 aliphatic rings. The van der Waals surface area contributed by atoms with Crippen LogP contribution in [0, 0.1) is 0 Å². The summed E-state index contributed by atoms with van der Waals surface area (Å²) in [6.07, 6.45) is 3.39. The van der Waals surface area contributed by atoms with Crippen LogP contribution in [-0.4, -0.2) is 58.3 Å². The molecule has 0 amide bonds. The molecule has 0 saturated heterocycles. The van der Waals surface area contributed by atoms with Crippen molar-refractivity contribution < 1.29 is 8.42 Å². The molecule has 7 heteroatoms. The van der Waals surface area contributed by atoms with Crippen molar-refractivity contribution in [2.75, 3.05) is 33.4 Å². The summed E-state index contributed by atoms with van der Waals surface area (Å²) >= 11 is 0. The summed E-state index contributed by atoms with van der Waals surface area (Å²) in [5.74, 6) is 0.775. The maximum absolute atomic E-state index is 11.3. The smallest absolute Gasteiger partial charge is 0.209 e. The van der Waals surface area contributed by atoms with E-state index in [4.69, 9.17) is 0 Å². The second-order valence-corrected chi connectivity index (χ2v) is 7.18. The third-order valence-corrected chi connectivity index (χ3v) is 3.49. The molecule has 0 aliphatic heterocycles. The lowest BCUT2D eigenvalue weighted by molar-refractivity contribution is 0.420. The van der Waals surface area contributed by atoms with Crippen molar-refractivity contribution >= 4 is 16.0 Å². The van der Waals surface area contributed by atoms with Gasteiger partial charge in [-0.3, -0.25) is 4.99 Å². The summed E-state index contributed by atoms with van der Waals surface area (Å²) in [5.41, 5.74) is -0.560. The second-order valence-electron chi connectivity index (χ2n) is 5.43. The van der Waals surface area contributed by atoms with Crippen LogP contribution in [0.15, 0.2) is 4.99 Å². The molecule has 0 aromatic carbocycles. The molecule has 0 radical (unpaired) electrons. The van der Waals surface area contributed by atoms with Crippen LogP contribution in [0.3, 0.4) is 0 Å². The summed E-state index contributed by atoms with van der Waals surface area (Å²) < 4.78 is 25.1. The molecule has 19 heavy (non-hydrogen) atoms. The fraction of sp³-hybridized carbons (Fsp3) is 0.917. The number of hydrogen-bond acceptors (Lipinski definition) is 3. The lowest BCUT2D eigenvalue weighted by Crippen LogP contribution is -2.53. The van der Waals surface area contributed by atoms with E-state index in [9.17, 15) is 8.42 Å². The number of guanidine groups is 1. The van der Waals surface area contributed by atoms with E-state index in [0.29, 0.717) is 6.54 Å². The van der Waals surface area contributed by atoms with E-state index in [2.05, 4.69) is 22.0 Å². The van der Waals surface area contributed by atoms with Gasteiger partial charge in [0.15, 0.2) is 5.96 Å². The van der Waals surface area contributed by atoms with Gasteiger partial charge in [-0.05, 0) is 20.3 Å². The third kappa shape index (κ3) is 8.83. The molecule has 0 rings (SSSR count). The Morgan fingerprint density at radius 1 is 1.37 bits per heavy atom. The number of nitrogens with zero attached hydrogens (tertiary/aromatic N) is 2. The summed E-state index contributed by atoms with van der Waals surface area (Å²) in [6.45, 7) is 7.21. The average molecular weight is 292 g/mol. The van der Waals surface area contributed by atoms with E-state index in [1.54, 1.807) is 7.05 Å². The zero-order valence-corrected chi connectivity index (χ0v) is 13.8. The van der Waals surface area contributed by atoms with Gasteiger partial charge in [-0.2, -0.15) is 0 Å². The van der Waals surface area contributed by atoms with E-state index < -0.39 is 15.6 Å². The highest BCUT2D eigenvalue weighted by molar-refractivity contribution is 7.88. The van der Waals surface area contributed by atoms with E-state index >= 15 is 0 Å². The zero-order chi connectivity index (χ0) is 15.1. The Morgan fingerprint density at radius 3 is 2.37 bits per heavy atom. The molecule has 0 saturated carbocycles. The van der Waals surface area contributed by atoms with Gasteiger partial charge in [-0.25, -0.2) is 13.1 Å². The van der Waals surface area contributed by atoms with Crippen molar-refractivity contribution in [3.8, 4) is 0 Å². The molecule has 114 valence electrons. The number of rotatable bonds is 7. The van der Waals surface area contributed by atoms with E-state index in [0.717, 1.165) is 31.6 Å². The molecular weight excluding hydrogens is 264 g/mol. The van der Waals surface area contributed by atoms with Gasteiger partial charge in [-0.1, -0.05) is 13.3 Å². The summed E-state index contributed by atoms with van der Waals surface area (Å²) in [7, 11) is 0.484. The van der Waals surface area contributed by atoms with Gasteiger partial charge in [0.2, 0.25) is 10.0 Å². The molecule has 0 fully saturated rings. The Balaban J connectivity index is 4.43. The topological polar surface area (TPSA) is 73.8 Å². The molecule has 0 heterocycles. The van der Waals surface area contributed by atoms with Crippen molar-refractivity contribution in [2.45, 2.75) is 39.2 Å². The molecule has 0 unspecified atom stereocenters. The van der Waals surface area contributed by atoms with Gasteiger partial charge in [0.25, 0.3) is 0 Å². The SMILES string of the molecule is CCCCN(C)C(=NC)NCC(C)(C)NS(C)(=O)=O. The molecule has 0 bridgehead atoms. The van der Waals surface area contributed by atoms with Crippen LogP contribution in [0.4, 0.5) is 0 Å². The van der Waals surface area contributed by atoms with Crippen molar-refractivity contribution in [1.82, 2.24) is 14.9 Å². The standard InChI is InChI=1S/C12H28N4O2S/c1-7-8-9-16(5)11(13-4)14-10-12(2,3)15-19(6,17)18/h15H,7-10H2,1-6H3,(H,13,14). The van der Waals surface area contributed by atoms with Crippen molar-refractivity contribution in [2.24, 2.45) is 4.99 Å². The van der Waals surface area contributed by atoms with Crippen LogP contribution < -0.4 is 10.0 Å². The van der Waals surface area contributed by atoms with Crippen LogP contribution in [0.1, 0.15) is 33.6 Å². The summed E-state index contributed by atoms with van der Waals surface area (Å²) in [6, 6.07) is 0. The van der Waals surface area contributed by atoms with Gasteiger partial charge in [0, 0.05) is 32.7 Å². The van der Waals surface area contributed by atoms with E-state index in [1.807, 2.05) is 25.8 Å². The van der Waals surface area contributed by atoms with Gasteiger partial charge in [0.05, 0.1) is 6.26 Å². The lowest BCUT2D eigenvalue weighted by atomic mass is 10.1. The Hall–Kier alpha value is -0.820. The second kappa shape index (κ2) is 7.69. The first-order valence-corrected chi connectivity index (χ1v) is 8.41. The van der Waals surface area contributed by atoms with Crippen molar-refractivity contribution in [3.63, 3.8) is 0 Å². The molecule has 0 aromatic heterocycles. The van der Waals surface area contributed by atoms with E-state index in [-0.39, 0.29) is 0 Å². The predicted octanol–water partition coefficient (Wildman–Crippen LogP) is 0.622. The maximum Gasteiger partial charge on any atom is 0.209 e. The van der Waals surface area contributed by atoms with Crippen LogP contribution in [-0.2, 0) is 10.0 Å². The largest absolute Gasteiger partial charge is 0.354 e. The number of aliphatic imine (C=N–C) groups is 1. The number of hydrogen-bond donors (Lipinski definition) is 2. The average Bonchev–Trinajstić information content (AvgIpc) is 2.23. The Labute approximate surface area is 117 Å². The minimum absolute atomic E-state index is 0.475. The normalized spacial score (nSPS) is 13.5. The monoisotopic (exact) mass is 292 g/mol. The number of nitrogens with one attached hydrogen (secondary N) is 2. The van der Waals surface area contributed by atoms with Crippen molar-refractivity contribution in [1.29, 1.82) is 0 Å². The highest BCUT2D eigenvalue weighted by Crippen LogP contribution is 2.02. The maximum atomic E-state index is 11.3. The number of sulfonamides is 1. The Morgan fingerprint density at radius 2 is 1.95 bits per heavy atom. The molecule has 0 aliphatic carbocycles. The summed E-state index contributed by atoms with van der Waals surface area (Å²) in [5, 5.41) is 3.19. The van der Waals surface area contributed by atoms with Gasteiger partial charge >= 0.3 is 0 Å². The van der Waals surface area contributed by atoms with Crippen LogP contribution >= 0.6 is 0 Å². The fourth-order valence-electron chi connectivity index (χ4n) is 1.72. The first-order valence-electron chi connectivity index (χ1n) is 6.52. The molecular formula is C12H28N4O2S. The highest BCUT2D eigenvalue weighted by atomic mass is 32.2. The molecule has 0 aromatic rings. The molecule has 2 N–H and O–H groups in total. The number of unbranched alkanes of at least 4 members (excludes halogenated alkanes) is 1. The van der Waals surface area contributed by atoms with Crippen LogP contribution in [0.5, 0.6) is 0 Å². The lowest BCUT2D eigenvalue weighted by Gasteiger charge is -2.29. The molecule has 0 spiro atoms. The molecule has 6 nitrogen and oxygen atoms in total. The van der Waals surface area contributed by atoms with Gasteiger partial charge in [0.1, 0.15) is 0 Å². The minimum Gasteiger partial charge on any atom is -0.354 e. The van der Waals surface area contributed by atoms with Gasteiger partial charge in [-0.15, -0.1) is 0 Å². The first-order chi connectivity index (χ1) is 8.61. The molecule has 0 atom stereocenters. The van der Waals surface area contributed by atoms with Crippen LogP contribution in [0.25, 0.3) is 0 Å². The zero-order valence-electron chi connectivity index (χ0n) is 12.9. The Kier molecular flexibility index (Phi) is 7.36. The highest BCUT2D eigenvalue weighted by Gasteiger charge is 2.22. The fourth-order valence-corrected chi connectivity index (χ4v) is 2.80. The minimum atomic E-state index is -3.21.